The smallest absolute Gasteiger partial charge is 0.265 e. The molecule has 5 nitrogen and oxygen atoms in total. The van der Waals surface area contributed by atoms with Gasteiger partial charge in [0.2, 0.25) is 0 Å². The number of carbonyl (C=O) groups excluding carboxylic acids is 1. The third kappa shape index (κ3) is 6.32. The molecule has 0 aliphatic rings. The molecule has 27 heavy (non-hydrogen) atoms. The standard InChI is InChI=1S/C22H20N2O3/c25-22(24-20-9-5-2-6-10-20)17-27-23-15-18-11-13-21(14-12-18)26-16-19-7-3-1-4-8-19/h1-15H,16-17H2,(H,24,25). The number of carbonyl (C=O) groups is 1. The van der Waals surface area contributed by atoms with Gasteiger partial charge in [-0.3, -0.25) is 4.79 Å². The van der Waals surface area contributed by atoms with Crippen molar-refractivity contribution in [3.05, 3.63) is 96.1 Å². The lowest BCUT2D eigenvalue weighted by molar-refractivity contribution is -0.120. The molecule has 0 radical (unpaired) electrons. The molecule has 0 heterocycles. The van der Waals surface area contributed by atoms with Gasteiger partial charge in [-0.25, -0.2) is 0 Å². The monoisotopic (exact) mass is 360 g/mol. The van der Waals surface area contributed by atoms with E-state index in [-0.39, 0.29) is 12.5 Å². The van der Waals surface area contributed by atoms with Crippen molar-refractivity contribution in [2.75, 3.05) is 11.9 Å². The van der Waals surface area contributed by atoms with Gasteiger partial charge in [0.1, 0.15) is 12.4 Å². The highest BCUT2D eigenvalue weighted by molar-refractivity contribution is 5.91. The summed E-state index contributed by atoms with van der Waals surface area (Å²) in [5.74, 6) is 0.516. The van der Waals surface area contributed by atoms with Gasteiger partial charge < -0.3 is 14.9 Å². The van der Waals surface area contributed by atoms with E-state index >= 15 is 0 Å². The van der Waals surface area contributed by atoms with Crippen LogP contribution in [0.2, 0.25) is 0 Å². The van der Waals surface area contributed by atoms with E-state index in [2.05, 4.69) is 10.5 Å². The fraction of sp³-hybridized carbons (Fsp3) is 0.0909. The van der Waals surface area contributed by atoms with Gasteiger partial charge in [0.05, 0.1) is 6.21 Å². The quantitative estimate of drug-likeness (QED) is 0.482. The Kier molecular flexibility index (Phi) is 6.59. The summed E-state index contributed by atoms with van der Waals surface area (Å²) in [6.07, 6.45) is 1.55. The second-order valence-electron chi connectivity index (χ2n) is 5.77. The van der Waals surface area contributed by atoms with Crippen molar-refractivity contribution < 1.29 is 14.4 Å². The van der Waals surface area contributed by atoms with Gasteiger partial charge in [0.25, 0.3) is 5.91 Å². The second-order valence-corrected chi connectivity index (χ2v) is 5.77. The van der Waals surface area contributed by atoms with E-state index in [9.17, 15) is 4.79 Å². The van der Waals surface area contributed by atoms with Crippen LogP contribution in [0, 0.1) is 0 Å². The van der Waals surface area contributed by atoms with Gasteiger partial charge in [0.15, 0.2) is 6.61 Å². The van der Waals surface area contributed by atoms with Crippen LogP contribution in [-0.4, -0.2) is 18.7 Å². The molecule has 136 valence electrons. The molecular weight excluding hydrogens is 340 g/mol. The number of hydrogen-bond donors (Lipinski definition) is 1. The first kappa shape index (κ1) is 18.2. The summed E-state index contributed by atoms with van der Waals surface area (Å²) >= 11 is 0. The van der Waals surface area contributed by atoms with Gasteiger partial charge in [0, 0.05) is 5.69 Å². The number of amides is 1. The van der Waals surface area contributed by atoms with Crippen LogP contribution in [0.1, 0.15) is 11.1 Å². The van der Waals surface area contributed by atoms with Crippen LogP contribution in [-0.2, 0) is 16.2 Å². The zero-order valence-electron chi connectivity index (χ0n) is 14.7. The molecule has 0 aliphatic heterocycles. The number of nitrogens with one attached hydrogen (secondary N) is 1. The van der Waals surface area contributed by atoms with Gasteiger partial charge in [-0.1, -0.05) is 53.7 Å². The maximum atomic E-state index is 11.7. The largest absolute Gasteiger partial charge is 0.489 e. The Bertz CT molecular complexity index is 863. The third-order valence-electron chi connectivity index (χ3n) is 3.66. The molecule has 5 heteroatoms. The summed E-state index contributed by atoms with van der Waals surface area (Å²) in [6.45, 7) is 0.373. The molecule has 0 unspecified atom stereocenters. The number of ether oxygens (including phenoxy) is 1. The van der Waals surface area contributed by atoms with Crippen molar-refractivity contribution in [1.29, 1.82) is 0 Å². The summed E-state index contributed by atoms with van der Waals surface area (Å²) in [7, 11) is 0. The minimum atomic E-state index is -0.261. The van der Waals surface area contributed by atoms with E-state index in [4.69, 9.17) is 9.57 Å². The minimum absolute atomic E-state index is 0.149. The number of para-hydroxylation sites is 1. The lowest BCUT2D eigenvalue weighted by Crippen LogP contribution is -2.16. The van der Waals surface area contributed by atoms with E-state index in [1.807, 2.05) is 84.9 Å². The topological polar surface area (TPSA) is 59.9 Å². The molecule has 0 aromatic heterocycles. The Morgan fingerprint density at radius 1 is 0.889 bits per heavy atom. The van der Waals surface area contributed by atoms with Gasteiger partial charge in [-0.15, -0.1) is 0 Å². The molecule has 0 fully saturated rings. The molecule has 0 atom stereocenters. The summed E-state index contributed by atoms with van der Waals surface area (Å²) in [5, 5.41) is 6.54. The first-order chi connectivity index (χ1) is 13.3. The predicted octanol–water partition coefficient (Wildman–Crippen LogP) is 4.25. The molecule has 1 amide bonds. The first-order valence-electron chi connectivity index (χ1n) is 8.56. The number of hydrogen-bond acceptors (Lipinski definition) is 4. The molecule has 1 N–H and O–H groups in total. The van der Waals surface area contributed by atoms with Crippen LogP contribution in [0.15, 0.2) is 90.1 Å². The van der Waals surface area contributed by atoms with Gasteiger partial charge in [-0.2, -0.15) is 0 Å². The van der Waals surface area contributed by atoms with E-state index in [0.29, 0.717) is 6.61 Å². The number of benzene rings is 3. The van der Waals surface area contributed by atoms with Crippen LogP contribution in [0.5, 0.6) is 5.75 Å². The average Bonchev–Trinajstić information content (AvgIpc) is 2.72. The average molecular weight is 360 g/mol. The van der Waals surface area contributed by atoms with E-state index in [1.165, 1.54) is 0 Å². The Balaban J connectivity index is 1.40. The van der Waals surface area contributed by atoms with Crippen molar-refractivity contribution in [1.82, 2.24) is 0 Å². The van der Waals surface area contributed by atoms with Crippen molar-refractivity contribution >= 4 is 17.8 Å². The van der Waals surface area contributed by atoms with E-state index < -0.39 is 0 Å². The SMILES string of the molecule is O=C(CON=Cc1ccc(OCc2ccccc2)cc1)Nc1ccccc1. The predicted molar refractivity (Wildman–Crippen MR) is 106 cm³/mol. The van der Waals surface area contributed by atoms with Gasteiger partial charge >= 0.3 is 0 Å². The zero-order chi connectivity index (χ0) is 18.7. The Labute approximate surface area is 158 Å². The third-order valence-corrected chi connectivity index (χ3v) is 3.66. The Morgan fingerprint density at radius 2 is 1.56 bits per heavy atom. The zero-order valence-corrected chi connectivity index (χ0v) is 14.7. The highest BCUT2D eigenvalue weighted by atomic mass is 16.6. The van der Waals surface area contributed by atoms with Crippen molar-refractivity contribution in [3.63, 3.8) is 0 Å². The van der Waals surface area contributed by atoms with Crippen molar-refractivity contribution in [3.8, 4) is 5.75 Å². The number of rotatable bonds is 8. The lowest BCUT2D eigenvalue weighted by atomic mass is 10.2. The molecular formula is C22H20N2O3. The van der Waals surface area contributed by atoms with Crippen molar-refractivity contribution in [2.45, 2.75) is 6.61 Å². The first-order valence-corrected chi connectivity index (χ1v) is 8.56. The summed E-state index contributed by atoms with van der Waals surface area (Å²) in [5.41, 5.74) is 2.69. The van der Waals surface area contributed by atoms with Crippen LogP contribution >= 0.6 is 0 Å². The molecule has 0 aliphatic carbocycles. The molecule has 0 saturated heterocycles. The number of anilines is 1. The maximum absolute atomic E-state index is 11.7. The van der Waals surface area contributed by atoms with Crippen LogP contribution in [0.3, 0.4) is 0 Å². The fourth-order valence-corrected chi connectivity index (χ4v) is 2.30. The van der Waals surface area contributed by atoms with Crippen LogP contribution in [0.4, 0.5) is 5.69 Å². The molecule has 0 bridgehead atoms. The second kappa shape index (κ2) is 9.77. The highest BCUT2D eigenvalue weighted by Crippen LogP contribution is 2.13. The highest BCUT2D eigenvalue weighted by Gasteiger charge is 2.01. The normalized spacial score (nSPS) is 10.5. The van der Waals surface area contributed by atoms with E-state index in [0.717, 1.165) is 22.6 Å². The van der Waals surface area contributed by atoms with Crippen LogP contribution in [0.25, 0.3) is 0 Å². The Hall–Kier alpha value is -3.60. The van der Waals surface area contributed by atoms with Crippen LogP contribution < -0.4 is 10.1 Å². The molecule has 0 saturated carbocycles. The summed E-state index contributed by atoms with van der Waals surface area (Å²) < 4.78 is 5.73. The molecule has 3 aromatic rings. The van der Waals surface area contributed by atoms with Crippen molar-refractivity contribution in [2.24, 2.45) is 5.16 Å². The molecule has 3 aromatic carbocycles. The molecule has 3 rings (SSSR count). The van der Waals surface area contributed by atoms with Gasteiger partial charge in [-0.05, 0) is 47.5 Å². The Morgan fingerprint density at radius 3 is 2.26 bits per heavy atom. The number of nitrogens with zero attached hydrogens (tertiary/aromatic N) is 1. The van der Waals surface area contributed by atoms with E-state index in [1.54, 1.807) is 6.21 Å². The summed E-state index contributed by atoms with van der Waals surface area (Å²) in [6, 6.07) is 26.7. The lowest BCUT2D eigenvalue weighted by Gasteiger charge is -2.06. The maximum Gasteiger partial charge on any atom is 0.265 e. The number of oxime groups is 1. The molecule has 0 spiro atoms. The fourth-order valence-electron chi connectivity index (χ4n) is 2.30. The summed E-state index contributed by atoms with van der Waals surface area (Å²) in [4.78, 5) is 16.8. The minimum Gasteiger partial charge on any atom is -0.489 e.